The van der Waals surface area contributed by atoms with Gasteiger partial charge in [-0.05, 0) is 31.5 Å². The van der Waals surface area contributed by atoms with Crippen molar-refractivity contribution < 1.29 is 19.0 Å². The lowest BCUT2D eigenvalue weighted by atomic mass is 10.0. The molecule has 0 bridgehead atoms. The van der Waals surface area contributed by atoms with Gasteiger partial charge in [-0.15, -0.1) is 0 Å². The highest BCUT2D eigenvalue weighted by Gasteiger charge is 2.26. The monoisotopic (exact) mass is 271 g/mol. The Hall–Kier alpha value is -1.04. The zero-order valence-corrected chi connectivity index (χ0v) is 10.7. The minimum absolute atomic E-state index is 0.00642. The Morgan fingerprint density at radius 3 is 2.58 bits per heavy atom. The van der Waals surface area contributed by atoms with Crippen LogP contribution in [-0.4, -0.2) is 40.9 Å². The largest absolute Gasteiger partial charge is 0.395 e. The van der Waals surface area contributed by atoms with Crippen LogP contribution in [0.15, 0.2) is 18.2 Å². The molecule has 0 radical (unpaired) electrons. The third-order valence-electron chi connectivity index (χ3n) is 3.70. The van der Waals surface area contributed by atoms with Crippen LogP contribution in [0.25, 0.3) is 0 Å². The number of β-amino-alcohol motifs (C(OH)–C–C–N with tert-alkyl or cyclic N) is 1. The number of hydrogen-bond acceptors (Lipinski definition) is 3. The van der Waals surface area contributed by atoms with Crippen molar-refractivity contribution in [3.05, 3.63) is 35.4 Å². The van der Waals surface area contributed by atoms with Gasteiger partial charge in [0.1, 0.15) is 11.6 Å². The Morgan fingerprint density at radius 2 is 1.95 bits per heavy atom. The molecule has 0 aliphatic carbocycles. The Kier molecular flexibility index (Phi) is 4.85. The summed E-state index contributed by atoms with van der Waals surface area (Å²) in [6, 6.07) is 3.53. The molecule has 0 saturated carbocycles. The summed E-state index contributed by atoms with van der Waals surface area (Å²) < 4.78 is 27.1. The molecule has 5 heteroatoms. The molecule has 1 unspecified atom stereocenters. The summed E-state index contributed by atoms with van der Waals surface area (Å²) >= 11 is 0. The average molecular weight is 271 g/mol. The summed E-state index contributed by atoms with van der Waals surface area (Å²) in [5.74, 6) is -1.46. The van der Waals surface area contributed by atoms with Gasteiger partial charge in [0.25, 0.3) is 0 Å². The van der Waals surface area contributed by atoms with Crippen molar-refractivity contribution in [2.45, 2.75) is 31.4 Å². The molecule has 1 heterocycles. The molecule has 19 heavy (non-hydrogen) atoms. The van der Waals surface area contributed by atoms with E-state index < -0.39 is 17.7 Å². The van der Waals surface area contributed by atoms with E-state index in [-0.39, 0.29) is 24.8 Å². The van der Waals surface area contributed by atoms with Gasteiger partial charge in [0.15, 0.2) is 0 Å². The summed E-state index contributed by atoms with van der Waals surface area (Å²) in [5.41, 5.74) is -0.287. The number of rotatable bonds is 4. The lowest BCUT2D eigenvalue weighted by Crippen LogP contribution is -2.44. The molecule has 1 saturated heterocycles. The molecule has 2 N–H and O–H groups in total. The molecule has 1 aromatic rings. The fraction of sp³-hybridized carbons (Fsp3) is 0.571. The molecule has 0 spiro atoms. The molecular weight excluding hydrogens is 252 g/mol. The first-order chi connectivity index (χ1) is 9.13. The van der Waals surface area contributed by atoms with Crippen molar-refractivity contribution >= 4 is 0 Å². The average Bonchev–Trinajstić information content (AvgIpc) is 2.39. The maximum atomic E-state index is 13.6. The molecule has 3 nitrogen and oxygen atoms in total. The molecule has 1 aromatic carbocycles. The minimum atomic E-state index is -1.21. The van der Waals surface area contributed by atoms with E-state index in [0.717, 1.165) is 37.9 Å². The first-order valence-electron chi connectivity index (χ1n) is 6.60. The van der Waals surface area contributed by atoms with Crippen LogP contribution >= 0.6 is 0 Å². The normalized spacial score (nSPS) is 22.4. The lowest BCUT2D eigenvalue weighted by molar-refractivity contribution is 0.0392. The van der Waals surface area contributed by atoms with Crippen molar-refractivity contribution in [3.8, 4) is 0 Å². The van der Waals surface area contributed by atoms with Gasteiger partial charge in [-0.1, -0.05) is 12.5 Å². The molecule has 1 aliphatic rings. The van der Waals surface area contributed by atoms with E-state index in [1.165, 1.54) is 6.07 Å². The molecular formula is C14H19F2NO2. The van der Waals surface area contributed by atoms with Crippen LogP contribution in [0.4, 0.5) is 8.78 Å². The van der Waals surface area contributed by atoms with Crippen LogP contribution in [0.1, 0.15) is 30.9 Å². The second kappa shape index (κ2) is 6.41. The molecule has 0 aromatic heterocycles. The summed E-state index contributed by atoms with van der Waals surface area (Å²) in [5, 5.41) is 19.3. The number of likely N-dealkylation sites (tertiary alicyclic amines) is 1. The quantitative estimate of drug-likeness (QED) is 0.878. The minimum Gasteiger partial charge on any atom is -0.395 e. The van der Waals surface area contributed by atoms with Crippen LogP contribution in [0.3, 0.4) is 0 Å². The second-order valence-corrected chi connectivity index (χ2v) is 4.98. The van der Waals surface area contributed by atoms with Gasteiger partial charge in [0, 0.05) is 12.6 Å². The van der Waals surface area contributed by atoms with Gasteiger partial charge in [0.05, 0.1) is 18.3 Å². The van der Waals surface area contributed by atoms with E-state index in [1.807, 2.05) is 4.90 Å². The van der Waals surface area contributed by atoms with Crippen molar-refractivity contribution in [3.63, 3.8) is 0 Å². The molecule has 1 aliphatic heterocycles. The van der Waals surface area contributed by atoms with Gasteiger partial charge in [-0.25, -0.2) is 8.78 Å². The van der Waals surface area contributed by atoms with Gasteiger partial charge in [-0.3, -0.25) is 4.90 Å². The van der Waals surface area contributed by atoms with Crippen LogP contribution in [-0.2, 0) is 0 Å². The number of hydrogen-bond donors (Lipinski definition) is 2. The Balaban J connectivity index is 2.09. The standard InChI is InChI=1S/C14H19F2NO2/c15-11-5-3-6-12(16)14(11)13(19)8-17-7-2-1-4-10(17)9-18/h3,5-6,10,13,18-19H,1-2,4,7-9H2/t10-,13?/m1/s1. The Labute approximate surface area is 111 Å². The topological polar surface area (TPSA) is 43.7 Å². The van der Waals surface area contributed by atoms with E-state index in [0.29, 0.717) is 0 Å². The number of halogens is 2. The van der Waals surface area contributed by atoms with Gasteiger partial charge in [0.2, 0.25) is 0 Å². The summed E-state index contributed by atoms with van der Waals surface area (Å²) in [7, 11) is 0. The SMILES string of the molecule is OC[C@H]1CCCCN1CC(O)c1c(F)cccc1F. The molecule has 1 fully saturated rings. The number of aliphatic hydroxyl groups is 2. The molecule has 2 atom stereocenters. The Morgan fingerprint density at radius 1 is 1.26 bits per heavy atom. The van der Waals surface area contributed by atoms with Gasteiger partial charge < -0.3 is 10.2 Å². The third kappa shape index (κ3) is 3.29. The highest BCUT2D eigenvalue weighted by Crippen LogP contribution is 2.24. The summed E-state index contributed by atoms with van der Waals surface area (Å²) in [4.78, 5) is 1.90. The van der Waals surface area contributed by atoms with Crippen molar-refractivity contribution in [2.75, 3.05) is 19.7 Å². The maximum absolute atomic E-state index is 13.6. The number of aliphatic hydroxyl groups excluding tert-OH is 2. The first-order valence-corrected chi connectivity index (χ1v) is 6.60. The van der Waals surface area contributed by atoms with Crippen LogP contribution in [0.5, 0.6) is 0 Å². The molecule has 106 valence electrons. The van der Waals surface area contributed by atoms with E-state index in [2.05, 4.69) is 0 Å². The lowest BCUT2D eigenvalue weighted by Gasteiger charge is -2.35. The van der Waals surface area contributed by atoms with Crippen molar-refractivity contribution in [1.29, 1.82) is 0 Å². The second-order valence-electron chi connectivity index (χ2n) is 4.98. The van der Waals surface area contributed by atoms with E-state index in [9.17, 15) is 19.0 Å². The fourth-order valence-corrected chi connectivity index (χ4v) is 2.65. The highest BCUT2D eigenvalue weighted by atomic mass is 19.1. The molecule has 2 rings (SSSR count). The number of nitrogens with zero attached hydrogens (tertiary/aromatic N) is 1. The predicted molar refractivity (Wildman–Crippen MR) is 67.6 cm³/mol. The van der Waals surface area contributed by atoms with Gasteiger partial charge >= 0.3 is 0 Å². The number of benzene rings is 1. The smallest absolute Gasteiger partial charge is 0.131 e. The van der Waals surface area contributed by atoms with E-state index in [4.69, 9.17) is 0 Å². The van der Waals surface area contributed by atoms with Crippen LogP contribution in [0, 0.1) is 11.6 Å². The van der Waals surface area contributed by atoms with Crippen LogP contribution < -0.4 is 0 Å². The van der Waals surface area contributed by atoms with E-state index in [1.54, 1.807) is 0 Å². The third-order valence-corrected chi connectivity index (χ3v) is 3.70. The summed E-state index contributed by atoms with van der Waals surface area (Å²) in [6.07, 6.45) is 1.64. The van der Waals surface area contributed by atoms with Crippen molar-refractivity contribution in [2.24, 2.45) is 0 Å². The highest BCUT2D eigenvalue weighted by molar-refractivity contribution is 5.22. The zero-order valence-electron chi connectivity index (χ0n) is 10.7. The maximum Gasteiger partial charge on any atom is 0.131 e. The van der Waals surface area contributed by atoms with E-state index >= 15 is 0 Å². The summed E-state index contributed by atoms with van der Waals surface area (Å²) in [6.45, 7) is 0.883. The predicted octanol–water partition coefficient (Wildman–Crippen LogP) is 1.84. The number of piperidine rings is 1. The van der Waals surface area contributed by atoms with Crippen LogP contribution in [0.2, 0.25) is 0 Å². The fourth-order valence-electron chi connectivity index (χ4n) is 2.65. The zero-order chi connectivity index (χ0) is 13.8. The first kappa shape index (κ1) is 14.4. The Bertz CT molecular complexity index is 408. The van der Waals surface area contributed by atoms with Gasteiger partial charge in [-0.2, -0.15) is 0 Å². The van der Waals surface area contributed by atoms with Crippen molar-refractivity contribution in [1.82, 2.24) is 4.90 Å². The molecule has 0 amide bonds.